The van der Waals surface area contributed by atoms with Gasteiger partial charge in [-0.3, -0.25) is 0 Å². The quantitative estimate of drug-likeness (QED) is 0.191. The zero-order valence-electron chi connectivity index (χ0n) is 24.0. The van der Waals surface area contributed by atoms with Crippen LogP contribution in [0.3, 0.4) is 0 Å². The normalized spacial score (nSPS) is 23.1. The monoisotopic (exact) mass is 623 g/mol. The first-order valence-electron chi connectivity index (χ1n) is 13.5. The maximum Gasteiger partial charge on any atom is 0.335 e. The molecular formula is C32H33NO8S2. The summed E-state index contributed by atoms with van der Waals surface area (Å²) in [6.07, 6.45) is 2.28. The lowest BCUT2D eigenvalue weighted by atomic mass is 9.66. The third kappa shape index (κ3) is 6.80. The number of thioether (sulfide) groups is 1. The van der Waals surface area contributed by atoms with Crippen molar-refractivity contribution in [3.63, 3.8) is 0 Å². The second kappa shape index (κ2) is 13.3. The van der Waals surface area contributed by atoms with Crippen molar-refractivity contribution in [3.05, 3.63) is 106 Å². The molecule has 0 aliphatic carbocycles. The summed E-state index contributed by atoms with van der Waals surface area (Å²) >= 11 is -0.349. The Bertz CT molecular complexity index is 1540. The predicted molar refractivity (Wildman–Crippen MR) is 167 cm³/mol. The highest BCUT2D eigenvalue weighted by Crippen LogP contribution is 2.55. The highest BCUT2D eigenvalue weighted by Gasteiger charge is 2.50. The fourth-order valence-corrected chi connectivity index (χ4v) is 6.96. The summed E-state index contributed by atoms with van der Waals surface area (Å²) in [4.78, 5) is 37.5. The lowest BCUT2D eigenvalue weighted by molar-refractivity contribution is -0.00415. The first-order valence-corrected chi connectivity index (χ1v) is 15.9. The van der Waals surface area contributed by atoms with Crippen LogP contribution < -0.4 is 0 Å². The summed E-state index contributed by atoms with van der Waals surface area (Å²) < 4.78 is 23.2. The van der Waals surface area contributed by atoms with Crippen molar-refractivity contribution in [1.29, 1.82) is 0 Å². The third-order valence-electron chi connectivity index (χ3n) is 7.42. The fraction of sp³-hybridized carbons (Fsp3) is 0.312. The largest absolute Gasteiger partial charge is 0.591 e. The maximum atomic E-state index is 13.0. The number of rotatable bonds is 9. The van der Waals surface area contributed by atoms with Crippen LogP contribution in [0.1, 0.15) is 86.3 Å². The predicted octanol–water partition coefficient (Wildman–Crippen LogP) is 6.05. The zero-order valence-corrected chi connectivity index (χ0v) is 25.7. The van der Waals surface area contributed by atoms with Crippen LogP contribution in [0, 0.1) is 0 Å². The van der Waals surface area contributed by atoms with Crippen molar-refractivity contribution in [2.45, 2.75) is 54.8 Å². The Morgan fingerprint density at radius 3 is 1.56 bits per heavy atom. The minimum Gasteiger partial charge on any atom is -0.591 e. The van der Waals surface area contributed by atoms with Gasteiger partial charge in [-0.25, -0.2) is 14.4 Å². The van der Waals surface area contributed by atoms with Crippen molar-refractivity contribution in [2.24, 2.45) is 4.40 Å². The Kier molecular flexibility index (Phi) is 10.0. The van der Waals surface area contributed by atoms with Gasteiger partial charge in [0.2, 0.25) is 0 Å². The molecule has 1 aliphatic rings. The van der Waals surface area contributed by atoms with E-state index >= 15 is 0 Å². The second-order valence-corrected chi connectivity index (χ2v) is 13.9. The van der Waals surface area contributed by atoms with Gasteiger partial charge in [-0.2, -0.15) is 0 Å². The fourth-order valence-electron chi connectivity index (χ4n) is 5.57. The smallest absolute Gasteiger partial charge is 0.335 e. The highest BCUT2D eigenvalue weighted by atomic mass is 32.2. The molecule has 226 valence electrons. The van der Waals surface area contributed by atoms with Gasteiger partial charge in [0.1, 0.15) is 27.6 Å². The Balaban J connectivity index is 2.10. The van der Waals surface area contributed by atoms with Gasteiger partial charge in [-0.05, 0) is 61.9 Å². The number of carboxylic acids is 3. The molecule has 11 heteroatoms. The number of ether oxygens (including phenoxy) is 1. The molecular weight excluding hydrogens is 590 g/mol. The summed E-state index contributed by atoms with van der Waals surface area (Å²) in [6, 6.07) is 19.3. The number of benzene rings is 3. The molecule has 43 heavy (non-hydrogen) atoms. The molecule has 0 radical (unpaired) electrons. The molecule has 0 saturated carbocycles. The molecule has 4 rings (SSSR count). The van der Waals surface area contributed by atoms with E-state index in [4.69, 9.17) is 4.74 Å². The van der Waals surface area contributed by atoms with E-state index in [-0.39, 0.29) is 16.7 Å². The van der Waals surface area contributed by atoms with Gasteiger partial charge in [0.15, 0.2) is 0 Å². The summed E-state index contributed by atoms with van der Waals surface area (Å²) in [5.41, 5.74) is 0.472. The Hall–Kier alpha value is -3.64. The second-order valence-electron chi connectivity index (χ2n) is 11.1. The van der Waals surface area contributed by atoms with Crippen LogP contribution in [-0.4, -0.2) is 66.5 Å². The van der Waals surface area contributed by atoms with E-state index in [0.717, 1.165) is 0 Å². The van der Waals surface area contributed by atoms with E-state index in [9.17, 15) is 34.3 Å². The Labute approximate surface area is 257 Å². The lowest BCUT2D eigenvalue weighted by Gasteiger charge is -2.47. The van der Waals surface area contributed by atoms with Crippen molar-refractivity contribution >= 4 is 47.2 Å². The molecule has 9 nitrogen and oxygen atoms in total. The minimum absolute atomic E-state index is 0.00109. The molecule has 1 fully saturated rings. The first-order chi connectivity index (χ1) is 20.4. The molecule has 6 atom stereocenters. The van der Waals surface area contributed by atoms with Crippen LogP contribution in [-0.2, 0) is 16.1 Å². The van der Waals surface area contributed by atoms with Crippen molar-refractivity contribution in [2.75, 3.05) is 6.26 Å². The van der Waals surface area contributed by atoms with Crippen LogP contribution in [0.2, 0.25) is 0 Å². The molecule has 0 aromatic heterocycles. The van der Waals surface area contributed by atoms with Gasteiger partial charge in [0.05, 0.1) is 22.9 Å². The molecule has 3 aromatic carbocycles. The SMILES string of the molecule is CS[C@H]1O[C@@H](C=N[S+]([O-])C(C)(C)C)[C@H](c2ccccc2C(=O)O)[C@H](c2ccccc2C(=O)O)[C@@H]1c1ccccc1C(=O)O. The number of hydrogen-bond donors (Lipinski definition) is 3. The molecule has 0 spiro atoms. The average Bonchev–Trinajstić information content (AvgIpc) is 2.98. The van der Waals surface area contributed by atoms with Crippen LogP contribution >= 0.6 is 11.8 Å². The highest BCUT2D eigenvalue weighted by molar-refractivity contribution is 7.99. The molecule has 0 amide bonds. The van der Waals surface area contributed by atoms with Gasteiger partial charge >= 0.3 is 17.9 Å². The van der Waals surface area contributed by atoms with Crippen LogP contribution in [0.15, 0.2) is 77.2 Å². The molecule has 1 unspecified atom stereocenters. The van der Waals surface area contributed by atoms with Crippen LogP contribution in [0.5, 0.6) is 0 Å². The van der Waals surface area contributed by atoms with Gasteiger partial charge in [0.25, 0.3) is 0 Å². The van der Waals surface area contributed by atoms with E-state index in [1.165, 1.54) is 36.2 Å². The number of carbonyl (C=O) groups is 3. The molecule has 3 N–H and O–H groups in total. The van der Waals surface area contributed by atoms with Crippen molar-refractivity contribution < 1.29 is 39.0 Å². The van der Waals surface area contributed by atoms with Crippen LogP contribution in [0.25, 0.3) is 0 Å². The molecule has 1 saturated heterocycles. The Morgan fingerprint density at radius 1 is 0.767 bits per heavy atom. The Morgan fingerprint density at radius 2 is 1.16 bits per heavy atom. The number of carboxylic acid groups (broad SMARTS) is 3. The van der Waals surface area contributed by atoms with E-state index in [0.29, 0.717) is 16.7 Å². The van der Waals surface area contributed by atoms with Crippen LogP contribution in [0.4, 0.5) is 0 Å². The minimum atomic E-state index is -1.67. The average molecular weight is 624 g/mol. The van der Waals surface area contributed by atoms with E-state index in [1.54, 1.807) is 81.6 Å². The van der Waals surface area contributed by atoms with Gasteiger partial charge in [-0.1, -0.05) is 59.0 Å². The zero-order chi connectivity index (χ0) is 31.5. The number of nitrogens with zero attached hydrogens (tertiary/aromatic N) is 1. The topological polar surface area (TPSA) is 157 Å². The summed E-state index contributed by atoms with van der Waals surface area (Å²) in [7, 11) is 0. The summed E-state index contributed by atoms with van der Waals surface area (Å²) in [6.45, 7) is 5.32. The molecule has 3 aromatic rings. The maximum absolute atomic E-state index is 13.0. The first kappa shape index (κ1) is 32.3. The summed E-state index contributed by atoms with van der Waals surface area (Å²) in [5, 5.41) is 30.6. The number of aromatic carboxylic acids is 3. The van der Waals surface area contributed by atoms with Gasteiger partial charge < -0.3 is 24.6 Å². The number of hydrogen-bond acceptors (Lipinski definition) is 7. The molecule has 0 bridgehead atoms. The van der Waals surface area contributed by atoms with Crippen molar-refractivity contribution in [1.82, 2.24) is 0 Å². The van der Waals surface area contributed by atoms with Crippen molar-refractivity contribution in [3.8, 4) is 0 Å². The van der Waals surface area contributed by atoms with E-state index < -0.39 is 63.3 Å². The lowest BCUT2D eigenvalue weighted by Crippen LogP contribution is -2.45. The third-order valence-corrected chi connectivity index (χ3v) is 9.65. The van der Waals surface area contributed by atoms with E-state index in [2.05, 4.69) is 4.40 Å². The standard InChI is InChI=1S/C32H33NO8S2/c1-32(2,3)43(40)33-17-24-25(18-11-5-8-14-21(18)28(34)35)26(19-12-6-9-15-22(19)29(36)37)27(31(41-24)42-4)20-13-7-10-16-23(20)30(38)39/h5-17,24-27,31H,1-4H3,(H,34,35)(H,36,37)(H,38,39)/t24-,25-,26-,27-,31+,43?/m0/s1. The van der Waals surface area contributed by atoms with E-state index in [1.807, 2.05) is 0 Å². The summed E-state index contributed by atoms with van der Waals surface area (Å²) in [5.74, 6) is -5.91. The van der Waals surface area contributed by atoms with Gasteiger partial charge in [0, 0.05) is 17.8 Å². The molecule has 1 aliphatic heterocycles. The van der Waals surface area contributed by atoms with Gasteiger partial charge in [-0.15, -0.1) is 11.8 Å². The molecule has 1 heterocycles.